The van der Waals surface area contributed by atoms with Gasteiger partial charge in [0.25, 0.3) is 0 Å². The minimum atomic E-state index is -0.230. The van der Waals surface area contributed by atoms with Crippen LogP contribution in [0.15, 0.2) is 34.7 Å². The summed E-state index contributed by atoms with van der Waals surface area (Å²) in [4.78, 5) is 0. The zero-order valence-electron chi connectivity index (χ0n) is 11.0. The summed E-state index contributed by atoms with van der Waals surface area (Å²) < 4.78 is 19.1. The van der Waals surface area contributed by atoms with Crippen molar-refractivity contribution in [2.45, 2.75) is 26.3 Å². The van der Waals surface area contributed by atoms with E-state index < -0.39 is 0 Å². The van der Waals surface area contributed by atoms with Gasteiger partial charge >= 0.3 is 0 Å². The molecule has 1 aromatic heterocycles. The van der Waals surface area contributed by atoms with Gasteiger partial charge in [0, 0.05) is 18.0 Å². The first-order valence-corrected chi connectivity index (χ1v) is 6.12. The fourth-order valence-corrected chi connectivity index (χ4v) is 1.93. The standard InChI is InChI=1S/C15H18FNO/c1-10-6-12(9-13(16)7-10)15-5-4-14(18-15)8-11(2)17-3/h4-7,9,11,17H,8H2,1-3H3. The van der Waals surface area contributed by atoms with E-state index in [1.165, 1.54) is 12.1 Å². The second-order valence-corrected chi connectivity index (χ2v) is 4.68. The molecule has 0 aliphatic rings. The molecule has 0 aliphatic heterocycles. The monoisotopic (exact) mass is 247 g/mol. The molecule has 1 N–H and O–H groups in total. The van der Waals surface area contributed by atoms with Gasteiger partial charge in [-0.1, -0.05) is 0 Å². The Bertz CT molecular complexity index is 513. The molecule has 1 unspecified atom stereocenters. The first-order chi connectivity index (χ1) is 8.58. The van der Waals surface area contributed by atoms with E-state index in [-0.39, 0.29) is 5.82 Å². The molecule has 0 aliphatic carbocycles. The third-order valence-electron chi connectivity index (χ3n) is 2.99. The average Bonchev–Trinajstić information content (AvgIpc) is 2.76. The van der Waals surface area contributed by atoms with Crippen molar-refractivity contribution in [2.24, 2.45) is 0 Å². The fraction of sp³-hybridized carbons (Fsp3) is 0.333. The molecule has 1 aromatic carbocycles. The van der Waals surface area contributed by atoms with E-state index >= 15 is 0 Å². The molecule has 0 amide bonds. The Morgan fingerprint density at radius 3 is 2.72 bits per heavy atom. The number of halogens is 1. The molecule has 3 heteroatoms. The molecule has 0 spiro atoms. The van der Waals surface area contributed by atoms with Gasteiger partial charge < -0.3 is 9.73 Å². The summed E-state index contributed by atoms with van der Waals surface area (Å²) in [5.41, 5.74) is 1.68. The number of likely N-dealkylation sites (N-methyl/N-ethyl adjacent to an activating group) is 1. The second-order valence-electron chi connectivity index (χ2n) is 4.68. The molecule has 1 heterocycles. The third kappa shape index (κ3) is 2.99. The van der Waals surface area contributed by atoms with Gasteiger partial charge in [0.1, 0.15) is 17.3 Å². The number of benzene rings is 1. The molecule has 2 aromatic rings. The molecule has 0 fully saturated rings. The van der Waals surface area contributed by atoms with Crippen molar-refractivity contribution in [2.75, 3.05) is 7.05 Å². The molecule has 96 valence electrons. The van der Waals surface area contributed by atoms with Crippen molar-refractivity contribution in [3.63, 3.8) is 0 Å². The first kappa shape index (κ1) is 12.8. The highest BCUT2D eigenvalue weighted by Gasteiger charge is 2.09. The van der Waals surface area contributed by atoms with E-state index in [1.54, 1.807) is 0 Å². The Kier molecular flexibility index (Phi) is 3.82. The van der Waals surface area contributed by atoms with E-state index in [1.807, 2.05) is 32.2 Å². The smallest absolute Gasteiger partial charge is 0.134 e. The zero-order valence-corrected chi connectivity index (χ0v) is 11.0. The van der Waals surface area contributed by atoms with Gasteiger partial charge in [0.15, 0.2) is 0 Å². The Morgan fingerprint density at radius 2 is 2.06 bits per heavy atom. The van der Waals surface area contributed by atoms with E-state index in [0.29, 0.717) is 6.04 Å². The van der Waals surface area contributed by atoms with Gasteiger partial charge in [-0.15, -0.1) is 0 Å². The van der Waals surface area contributed by atoms with Crippen LogP contribution in [0.5, 0.6) is 0 Å². The lowest BCUT2D eigenvalue weighted by molar-refractivity contribution is 0.481. The quantitative estimate of drug-likeness (QED) is 0.894. The lowest BCUT2D eigenvalue weighted by atomic mass is 10.1. The first-order valence-electron chi connectivity index (χ1n) is 6.12. The van der Waals surface area contributed by atoms with Crippen LogP contribution in [0.1, 0.15) is 18.2 Å². The third-order valence-corrected chi connectivity index (χ3v) is 2.99. The van der Waals surface area contributed by atoms with Crippen LogP contribution < -0.4 is 5.32 Å². The van der Waals surface area contributed by atoms with Gasteiger partial charge in [0.2, 0.25) is 0 Å². The topological polar surface area (TPSA) is 25.2 Å². The maximum absolute atomic E-state index is 13.3. The molecule has 0 radical (unpaired) electrons. The van der Waals surface area contributed by atoms with Crippen LogP contribution in [0.4, 0.5) is 4.39 Å². The lowest BCUT2D eigenvalue weighted by Crippen LogP contribution is -2.23. The number of nitrogens with one attached hydrogen (secondary N) is 1. The molecule has 2 rings (SSSR count). The van der Waals surface area contributed by atoms with Gasteiger partial charge in [-0.05, 0) is 56.8 Å². The second kappa shape index (κ2) is 5.36. The summed E-state index contributed by atoms with van der Waals surface area (Å²) in [6.45, 7) is 3.97. The lowest BCUT2D eigenvalue weighted by Gasteiger charge is -2.06. The van der Waals surface area contributed by atoms with Gasteiger partial charge in [-0.2, -0.15) is 0 Å². The highest BCUT2D eigenvalue weighted by atomic mass is 19.1. The van der Waals surface area contributed by atoms with Crippen LogP contribution in [-0.2, 0) is 6.42 Å². The number of hydrogen-bond acceptors (Lipinski definition) is 2. The molecule has 0 saturated heterocycles. The minimum absolute atomic E-state index is 0.230. The summed E-state index contributed by atoms with van der Waals surface area (Å²) >= 11 is 0. The van der Waals surface area contributed by atoms with Crippen molar-refractivity contribution in [3.8, 4) is 11.3 Å². The Labute approximate surface area is 107 Å². The zero-order chi connectivity index (χ0) is 13.1. The van der Waals surface area contributed by atoms with E-state index in [9.17, 15) is 4.39 Å². The van der Waals surface area contributed by atoms with Crippen LogP contribution in [0.2, 0.25) is 0 Å². The summed E-state index contributed by atoms with van der Waals surface area (Å²) in [6, 6.07) is 9.13. The average molecular weight is 247 g/mol. The number of furan rings is 1. The summed E-state index contributed by atoms with van der Waals surface area (Å²) in [5, 5.41) is 3.16. The molecule has 0 bridgehead atoms. The number of rotatable bonds is 4. The van der Waals surface area contributed by atoms with E-state index in [4.69, 9.17) is 4.42 Å². The van der Waals surface area contributed by atoms with Crippen LogP contribution in [0, 0.1) is 12.7 Å². The fourth-order valence-electron chi connectivity index (χ4n) is 1.93. The highest BCUT2D eigenvalue weighted by molar-refractivity contribution is 5.58. The maximum atomic E-state index is 13.3. The van der Waals surface area contributed by atoms with Crippen molar-refractivity contribution < 1.29 is 8.81 Å². The van der Waals surface area contributed by atoms with Crippen LogP contribution >= 0.6 is 0 Å². The normalized spacial score (nSPS) is 12.7. The Hall–Kier alpha value is -1.61. The highest BCUT2D eigenvalue weighted by Crippen LogP contribution is 2.24. The SMILES string of the molecule is CNC(C)Cc1ccc(-c2cc(C)cc(F)c2)o1. The maximum Gasteiger partial charge on any atom is 0.134 e. The molecular weight excluding hydrogens is 229 g/mol. The van der Waals surface area contributed by atoms with Gasteiger partial charge in [-0.3, -0.25) is 0 Å². The summed E-state index contributed by atoms with van der Waals surface area (Å²) in [7, 11) is 1.92. The van der Waals surface area contributed by atoms with E-state index in [0.717, 1.165) is 29.1 Å². The number of hydrogen-bond donors (Lipinski definition) is 1. The number of aryl methyl sites for hydroxylation is 1. The van der Waals surface area contributed by atoms with Crippen molar-refractivity contribution in [1.82, 2.24) is 5.32 Å². The summed E-state index contributed by atoms with van der Waals surface area (Å²) in [5.74, 6) is 1.40. The molecule has 1 atom stereocenters. The van der Waals surface area contributed by atoms with Crippen molar-refractivity contribution in [1.29, 1.82) is 0 Å². The van der Waals surface area contributed by atoms with Crippen molar-refractivity contribution >= 4 is 0 Å². The molecular formula is C15H18FNO. The van der Waals surface area contributed by atoms with Crippen LogP contribution in [-0.4, -0.2) is 13.1 Å². The predicted octanol–water partition coefficient (Wildman–Crippen LogP) is 3.54. The predicted molar refractivity (Wildman–Crippen MR) is 71.1 cm³/mol. The Balaban J connectivity index is 2.23. The molecule has 18 heavy (non-hydrogen) atoms. The van der Waals surface area contributed by atoms with Crippen molar-refractivity contribution in [3.05, 3.63) is 47.5 Å². The Morgan fingerprint density at radius 1 is 1.28 bits per heavy atom. The van der Waals surface area contributed by atoms with Crippen LogP contribution in [0.25, 0.3) is 11.3 Å². The minimum Gasteiger partial charge on any atom is -0.461 e. The van der Waals surface area contributed by atoms with Gasteiger partial charge in [0.05, 0.1) is 0 Å². The van der Waals surface area contributed by atoms with E-state index in [2.05, 4.69) is 12.2 Å². The molecule has 0 saturated carbocycles. The van der Waals surface area contributed by atoms with Crippen LogP contribution in [0.3, 0.4) is 0 Å². The van der Waals surface area contributed by atoms with Gasteiger partial charge in [-0.25, -0.2) is 4.39 Å². The molecule has 2 nitrogen and oxygen atoms in total. The summed E-state index contributed by atoms with van der Waals surface area (Å²) in [6.07, 6.45) is 0.824. The largest absolute Gasteiger partial charge is 0.461 e.